The highest BCUT2D eigenvalue weighted by atomic mass is 15.2. The highest BCUT2D eigenvalue weighted by molar-refractivity contribution is 5.27. The van der Waals surface area contributed by atoms with E-state index in [1.165, 1.54) is 43.4 Å². The van der Waals surface area contributed by atoms with Gasteiger partial charge in [-0.25, -0.2) is 0 Å². The number of rotatable bonds is 5. The van der Waals surface area contributed by atoms with E-state index >= 15 is 0 Å². The Morgan fingerprint density at radius 1 is 1.17 bits per heavy atom. The fourth-order valence-corrected chi connectivity index (χ4v) is 2.87. The van der Waals surface area contributed by atoms with Gasteiger partial charge in [0.05, 0.1) is 0 Å². The summed E-state index contributed by atoms with van der Waals surface area (Å²) in [5.41, 5.74) is 3.00. The predicted molar refractivity (Wildman–Crippen MR) is 75.4 cm³/mol. The van der Waals surface area contributed by atoms with Crippen LogP contribution in [0.15, 0.2) is 24.3 Å². The Morgan fingerprint density at radius 3 is 2.61 bits per heavy atom. The molecule has 1 aromatic rings. The molecule has 1 N–H and O–H groups in total. The van der Waals surface area contributed by atoms with Crippen molar-refractivity contribution in [1.82, 2.24) is 10.2 Å². The van der Waals surface area contributed by atoms with Gasteiger partial charge in [-0.3, -0.25) is 4.90 Å². The first kappa shape index (κ1) is 12.2. The van der Waals surface area contributed by atoms with Crippen molar-refractivity contribution in [2.75, 3.05) is 6.54 Å². The number of hydrogen-bond donors (Lipinski definition) is 1. The van der Waals surface area contributed by atoms with Gasteiger partial charge in [-0.2, -0.15) is 0 Å². The van der Waals surface area contributed by atoms with Crippen LogP contribution in [0, 0.1) is 0 Å². The lowest BCUT2D eigenvalue weighted by atomic mass is 10.1. The average molecular weight is 244 g/mol. The van der Waals surface area contributed by atoms with E-state index < -0.39 is 0 Å². The Hall–Kier alpha value is -0.860. The Bertz CT molecular complexity index is 398. The monoisotopic (exact) mass is 244 g/mol. The molecule has 0 bridgehead atoms. The normalized spacial score (nSPS) is 24.6. The fourth-order valence-electron chi connectivity index (χ4n) is 2.87. The van der Waals surface area contributed by atoms with Crippen molar-refractivity contribution in [3.8, 4) is 0 Å². The molecule has 1 saturated heterocycles. The van der Waals surface area contributed by atoms with E-state index in [-0.39, 0.29) is 0 Å². The quantitative estimate of drug-likeness (QED) is 0.856. The zero-order valence-corrected chi connectivity index (χ0v) is 11.4. The second kappa shape index (κ2) is 5.41. The third kappa shape index (κ3) is 2.93. The first-order chi connectivity index (χ1) is 8.83. The summed E-state index contributed by atoms with van der Waals surface area (Å²) in [4.78, 5) is 2.62. The number of benzene rings is 1. The van der Waals surface area contributed by atoms with Crippen LogP contribution >= 0.6 is 0 Å². The lowest BCUT2D eigenvalue weighted by Crippen LogP contribution is -2.27. The van der Waals surface area contributed by atoms with Crippen molar-refractivity contribution >= 4 is 0 Å². The molecule has 18 heavy (non-hydrogen) atoms. The summed E-state index contributed by atoms with van der Waals surface area (Å²) < 4.78 is 0. The molecule has 1 unspecified atom stereocenters. The van der Waals surface area contributed by atoms with Crippen LogP contribution in [0.1, 0.15) is 43.7 Å². The van der Waals surface area contributed by atoms with Gasteiger partial charge in [-0.1, -0.05) is 24.3 Å². The van der Waals surface area contributed by atoms with Gasteiger partial charge >= 0.3 is 0 Å². The van der Waals surface area contributed by atoms with E-state index in [1.54, 1.807) is 0 Å². The molecule has 2 nitrogen and oxygen atoms in total. The lowest BCUT2D eigenvalue weighted by Gasteiger charge is -2.22. The van der Waals surface area contributed by atoms with Gasteiger partial charge < -0.3 is 5.32 Å². The van der Waals surface area contributed by atoms with E-state index in [0.717, 1.165) is 25.2 Å². The van der Waals surface area contributed by atoms with Crippen LogP contribution in [0.3, 0.4) is 0 Å². The number of nitrogens with one attached hydrogen (secondary N) is 1. The van der Waals surface area contributed by atoms with Crippen LogP contribution in [-0.2, 0) is 13.1 Å². The minimum absolute atomic E-state index is 0.759. The van der Waals surface area contributed by atoms with Crippen LogP contribution < -0.4 is 5.32 Å². The molecule has 0 radical (unpaired) electrons. The minimum atomic E-state index is 0.759. The summed E-state index contributed by atoms with van der Waals surface area (Å²) >= 11 is 0. The van der Waals surface area contributed by atoms with Crippen molar-refractivity contribution in [1.29, 1.82) is 0 Å². The van der Waals surface area contributed by atoms with Gasteiger partial charge in [-0.05, 0) is 50.3 Å². The van der Waals surface area contributed by atoms with E-state index in [0.29, 0.717) is 0 Å². The highest BCUT2D eigenvalue weighted by Crippen LogP contribution is 2.23. The second-order valence-electron chi connectivity index (χ2n) is 5.89. The van der Waals surface area contributed by atoms with E-state index in [1.807, 2.05) is 0 Å². The molecule has 98 valence electrons. The Morgan fingerprint density at radius 2 is 1.94 bits per heavy atom. The molecule has 2 aliphatic rings. The smallest absolute Gasteiger partial charge is 0.0239 e. The summed E-state index contributed by atoms with van der Waals surface area (Å²) in [6, 6.07) is 10.5. The number of nitrogens with zero attached hydrogens (tertiary/aromatic N) is 1. The van der Waals surface area contributed by atoms with E-state index in [9.17, 15) is 0 Å². The van der Waals surface area contributed by atoms with Gasteiger partial charge in [0.2, 0.25) is 0 Å². The van der Waals surface area contributed by atoms with Crippen molar-refractivity contribution in [3.63, 3.8) is 0 Å². The Labute approximate surface area is 110 Å². The average Bonchev–Trinajstić information content (AvgIpc) is 3.13. The van der Waals surface area contributed by atoms with Crippen molar-refractivity contribution in [3.05, 3.63) is 35.4 Å². The molecule has 1 atom stereocenters. The van der Waals surface area contributed by atoms with Gasteiger partial charge in [0.1, 0.15) is 0 Å². The molecule has 1 aromatic carbocycles. The topological polar surface area (TPSA) is 15.3 Å². The standard InChI is InChI=1S/C16H24N2/c1-13-5-4-10-18(13)12-15-7-3-2-6-14(15)11-17-16-8-9-16/h2-3,6-7,13,16-17H,4-5,8-12H2,1H3. The number of likely N-dealkylation sites (tertiary alicyclic amines) is 1. The zero-order chi connectivity index (χ0) is 12.4. The number of hydrogen-bond acceptors (Lipinski definition) is 2. The molecule has 2 heteroatoms. The summed E-state index contributed by atoms with van der Waals surface area (Å²) in [6.45, 7) is 5.80. The van der Waals surface area contributed by atoms with Gasteiger partial charge in [0.15, 0.2) is 0 Å². The van der Waals surface area contributed by atoms with Crippen molar-refractivity contribution < 1.29 is 0 Å². The second-order valence-corrected chi connectivity index (χ2v) is 5.89. The summed E-state index contributed by atoms with van der Waals surface area (Å²) in [6.07, 6.45) is 5.46. The van der Waals surface area contributed by atoms with Gasteiger partial charge in [0.25, 0.3) is 0 Å². The fraction of sp³-hybridized carbons (Fsp3) is 0.625. The Kier molecular flexibility index (Phi) is 3.67. The first-order valence-corrected chi connectivity index (χ1v) is 7.37. The molecule has 1 saturated carbocycles. The van der Waals surface area contributed by atoms with Gasteiger partial charge in [-0.15, -0.1) is 0 Å². The summed E-state index contributed by atoms with van der Waals surface area (Å²) in [5.74, 6) is 0. The Balaban J connectivity index is 1.65. The van der Waals surface area contributed by atoms with Crippen LogP contribution in [0.4, 0.5) is 0 Å². The molecule has 1 heterocycles. The zero-order valence-electron chi connectivity index (χ0n) is 11.4. The van der Waals surface area contributed by atoms with Crippen LogP contribution in [0.25, 0.3) is 0 Å². The molecule has 0 amide bonds. The maximum absolute atomic E-state index is 3.63. The molecule has 0 aromatic heterocycles. The molecule has 2 fully saturated rings. The lowest BCUT2D eigenvalue weighted by molar-refractivity contribution is 0.259. The minimum Gasteiger partial charge on any atom is -0.310 e. The summed E-state index contributed by atoms with van der Waals surface area (Å²) in [5, 5.41) is 3.63. The van der Waals surface area contributed by atoms with Crippen LogP contribution in [0.5, 0.6) is 0 Å². The van der Waals surface area contributed by atoms with Crippen molar-refractivity contribution in [2.45, 2.75) is 57.8 Å². The molecule has 0 spiro atoms. The third-order valence-electron chi connectivity index (χ3n) is 4.34. The van der Waals surface area contributed by atoms with E-state index in [4.69, 9.17) is 0 Å². The van der Waals surface area contributed by atoms with Crippen molar-refractivity contribution in [2.24, 2.45) is 0 Å². The first-order valence-electron chi connectivity index (χ1n) is 7.37. The predicted octanol–water partition coefficient (Wildman–Crippen LogP) is 2.92. The van der Waals surface area contributed by atoms with Crippen LogP contribution in [-0.4, -0.2) is 23.5 Å². The highest BCUT2D eigenvalue weighted by Gasteiger charge is 2.22. The third-order valence-corrected chi connectivity index (χ3v) is 4.34. The largest absolute Gasteiger partial charge is 0.310 e. The van der Waals surface area contributed by atoms with E-state index in [2.05, 4.69) is 41.4 Å². The molecule has 1 aliphatic heterocycles. The van der Waals surface area contributed by atoms with Crippen LogP contribution in [0.2, 0.25) is 0 Å². The maximum Gasteiger partial charge on any atom is 0.0239 e. The molecular formula is C16H24N2. The molecule has 1 aliphatic carbocycles. The maximum atomic E-state index is 3.63. The summed E-state index contributed by atoms with van der Waals surface area (Å²) in [7, 11) is 0. The SMILES string of the molecule is CC1CCCN1Cc1ccccc1CNC1CC1. The molecule has 3 rings (SSSR count). The molecular weight excluding hydrogens is 220 g/mol. The van der Waals surface area contributed by atoms with Gasteiger partial charge in [0, 0.05) is 25.2 Å².